The SMILES string of the molecule is O=C(c1ccc(-c2ccccc2)cc1)c1cnc(Nc2ccccc2)s1. The maximum absolute atomic E-state index is 12.7. The summed E-state index contributed by atoms with van der Waals surface area (Å²) in [7, 11) is 0. The van der Waals surface area contributed by atoms with Crippen LogP contribution in [0, 0.1) is 0 Å². The molecule has 0 amide bonds. The largest absolute Gasteiger partial charge is 0.332 e. The Kier molecular flexibility index (Phi) is 4.58. The smallest absolute Gasteiger partial charge is 0.204 e. The molecule has 0 unspecified atom stereocenters. The number of carbonyl (C=O) groups is 1. The van der Waals surface area contributed by atoms with E-state index in [1.54, 1.807) is 6.20 Å². The standard InChI is InChI=1S/C22H16N2OS/c25-21(18-13-11-17(12-14-18)16-7-3-1-4-8-16)20-15-23-22(26-20)24-19-9-5-2-6-10-19/h1-15H,(H,23,24). The van der Waals surface area contributed by atoms with Gasteiger partial charge in [0.05, 0.1) is 11.1 Å². The van der Waals surface area contributed by atoms with E-state index in [0.29, 0.717) is 15.6 Å². The molecule has 3 nitrogen and oxygen atoms in total. The van der Waals surface area contributed by atoms with Crippen molar-refractivity contribution >= 4 is 27.9 Å². The van der Waals surface area contributed by atoms with Crippen LogP contribution in [0.4, 0.5) is 10.8 Å². The molecule has 0 fully saturated rings. The molecular formula is C22H16N2OS. The molecule has 0 aliphatic carbocycles. The van der Waals surface area contributed by atoms with Gasteiger partial charge in [0, 0.05) is 11.3 Å². The third-order valence-corrected chi connectivity index (χ3v) is 4.92. The van der Waals surface area contributed by atoms with Crippen molar-refractivity contribution in [3.05, 3.63) is 102 Å². The van der Waals surface area contributed by atoms with Crippen LogP contribution in [0.25, 0.3) is 11.1 Å². The molecule has 3 aromatic carbocycles. The second kappa shape index (κ2) is 7.33. The van der Waals surface area contributed by atoms with Gasteiger partial charge in [-0.05, 0) is 23.3 Å². The zero-order valence-corrected chi connectivity index (χ0v) is 14.7. The Balaban J connectivity index is 1.51. The van der Waals surface area contributed by atoms with Crippen LogP contribution in [0.1, 0.15) is 15.2 Å². The first kappa shape index (κ1) is 16.2. The van der Waals surface area contributed by atoms with E-state index >= 15 is 0 Å². The Morgan fingerprint density at radius 3 is 2.08 bits per heavy atom. The summed E-state index contributed by atoms with van der Waals surface area (Å²) in [6.45, 7) is 0. The Bertz CT molecular complexity index is 1010. The summed E-state index contributed by atoms with van der Waals surface area (Å²) < 4.78 is 0. The molecule has 0 spiro atoms. The van der Waals surface area contributed by atoms with Gasteiger partial charge in [-0.1, -0.05) is 84.1 Å². The van der Waals surface area contributed by atoms with Gasteiger partial charge in [0.1, 0.15) is 0 Å². The van der Waals surface area contributed by atoms with Crippen LogP contribution >= 0.6 is 11.3 Å². The average molecular weight is 356 g/mol. The molecule has 0 radical (unpaired) electrons. The van der Waals surface area contributed by atoms with Crippen molar-refractivity contribution in [1.29, 1.82) is 0 Å². The number of anilines is 2. The number of benzene rings is 3. The molecule has 1 heterocycles. The number of nitrogens with zero attached hydrogens (tertiary/aromatic N) is 1. The van der Waals surface area contributed by atoms with E-state index in [9.17, 15) is 4.79 Å². The third-order valence-electron chi connectivity index (χ3n) is 4.01. The van der Waals surface area contributed by atoms with Crippen LogP contribution in [-0.4, -0.2) is 10.8 Å². The number of para-hydroxylation sites is 1. The van der Waals surface area contributed by atoms with Crippen molar-refractivity contribution in [2.24, 2.45) is 0 Å². The van der Waals surface area contributed by atoms with E-state index in [2.05, 4.69) is 22.4 Å². The van der Waals surface area contributed by atoms with E-state index in [1.165, 1.54) is 11.3 Å². The highest BCUT2D eigenvalue weighted by atomic mass is 32.1. The lowest BCUT2D eigenvalue weighted by Crippen LogP contribution is -1.98. The highest BCUT2D eigenvalue weighted by Crippen LogP contribution is 2.25. The van der Waals surface area contributed by atoms with Crippen molar-refractivity contribution in [2.75, 3.05) is 5.32 Å². The quantitative estimate of drug-likeness (QED) is 0.461. The van der Waals surface area contributed by atoms with Gasteiger partial charge in [-0.3, -0.25) is 4.79 Å². The molecule has 4 aromatic rings. The molecule has 1 N–H and O–H groups in total. The van der Waals surface area contributed by atoms with Crippen LogP contribution < -0.4 is 5.32 Å². The number of nitrogens with one attached hydrogen (secondary N) is 1. The zero-order valence-electron chi connectivity index (χ0n) is 13.9. The summed E-state index contributed by atoms with van der Waals surface area (Å²) in [5.41, 5.74) is 3.85. The van der Waals surface area contributed by atoms with Crippen molar-refractivity contribution in [1.82, 2.24) is 4.98 Å². The third kappa shape index (κ3) is 3.55. The first-order valence-corrected chi connectivity index (χ1v) is 9.09. The minimum Gasteiger partial charge on any atom is -0.332 e. The van der Waals surface area contributed by atoms with Gasteiger partial charge in [0.2, 0.25) is 5.78 Å². The molecule has 0 bridgehead atoms. The minimum atomic E-state index is -0.0109. The summed E-state index contributed by atoms with van der Waals surface area (Å²) >= 11 is 1.36. The normalized spacial score (nSPS) is 10.5. The lowest BCUT2D eigenvalue weighted by molar-refractivity contribution is 0.104. The molecule has 126 valence electrons. The Hall–Kier alpha value is -3.24. The predicted molar refractivity (Wildman–Crippen MR) is 107 cm³/mol. The number of hydrogen-bond acceptors (Lipinski definition) is 4. The summed E-state index contributed by atoms with van der Waals surface area (Å²) in [6.07, 6.45) is 1.63. The maximum Gasteiger partial charge on any atom is 0.204 e. The summed E-state index contributed by atoms with van der Waals surface area (Å²) in [5.74, 6) is -0.0109. The predicted octanol–water partition coefficient (Wildman–Crippen LogP) is 5.78. The molecule has 0 saturated heterocycles. The molecule has 0 atom stereocenters. The van der Waals surface area contributed by atoms with E-state index in [-0.39, 0.29) is 5.78 Å². The van der Waals surface area contributed by atoms with Crippen molar-refractivity contribution < 1.29 is 4.79 Å². The fourth-order valence-corrected chi connectivity index (χ4v) is 3.47. The number of thiazole rings is 1. The monoisotopic (exact) mass is 356 g/mol. The molecule has 4 heteroatoms. The summed E-state index contributed by atoms with van der Waals surface area (Å²) in [6, 6.07) is 27.6. The van der Waals surface area contributed by atoms with Gasteiger partial charge in [-0.15, -0.1) is 0 Å². The first-order valence-electron chi connectivity index (χ1n) is 8.28. The second-order valence-electron chi connectivity index (χ2n) is 5.79. The Morgan fingerprint density at radius 2 is 1.38 bits per heavy atom. The minimum absolute atomic E-state index is 0.0109. The lowest BCUT2D eigenvalue weighted by Gasteiger charge is -2.03. The molecule has 26 heavy (non-hydrogen) atoms. The van der Waals surface area contributed by atoms with E-state index in [4.69, 9.17) is 0 Å². The van der Waals surface area contributed by atoms with E-state index in [1.807, 2.05) is 72.8 Å². The molecule has 0 aliphatic heterocycles. The van der Waals surface area contributed by atoms with Crippen LogP contribution in [0.15, 0.2) is 91.1 Å². The topological polar surface area (TPSA) is 42.0 Å². The van der Waals surface area contributed by atoms with E-state index in [0.717, 1.165) is 16.8 Å². The maximum atomic E-state index is 12.7. The molecule has 0 saturated carbocycles. The van der Waals surface area contributed by atoms with Gasteiger partial charge in [-0.25, -0.2) is 4.98 Å². The Labute approximate surface area is 156 Å². The fourth-order valence-electron chi connectivity index (χ4n) is 2.67. The van der Waals surface area contributed by atoms with Gasteiger partial charge < -0.3 is 5.32 Å². The number of rotatable bonds is 5. The highest BCUT2D eigenvalue weighted by molar-refractivity contribution is 7.17. The van der Waals surface area contributed by atoms with Crippen molar-refractivity contribution in [3.63, 3.8) is 0 Å². The number of hydrogen-bond donors (Lipinski definition) is 1. The molecular weight excluding hydrogens is 340 g/mol. The van der Waals surface area contributed by atoms with Crippen LogP contribution in [0.2, 0.25) is 0 Å². The van der Waals surface area contributed by atoms with Crippen LogP contribution in [-0.2, 0) is 0 Å². The summed E-state index contributed by atoms with van der Waals surface area (Å²) in [4.78, 5) is 17.6. The first-order chi connectivity index (χ1) is 12.8. The average Bonchev–Trinajstić information content (AvgIpc) is 3.17. The van der Waals surface area contributed by atoms with Crippen molar-refractivity contribution in [3.8, 4) is 11.1 Å². The van der Waals surface area contributed by atoms with Gasteiger partial charge >= 0.3 is 0 Å². The molecule has 0 aliphatic rings. The number of ketones is 1. The second-order valence-corrected chi connectivity index (χ2v) is 6.82. The Morgan fingerprint density at radius 1 is 0.769 bits per heavy atom. The van der Waals surface area contributed by atoms with Crippen LogP contribution in [0.3, 0.4) is 0 Å². The fraction of sp³-hybridized carbons (Fsp3) is 0. The van der Waals surface area contributed by atoms with Gasteiger partial charge in [0.15, 0.2) is 5.13 Å². The van der Waals surface area contributed by atoms with Crippen LogP contribution in [0.5, 0.6) is 0 Å². The van der Waals surface area contributed by atoms with Gasteiger partial charge in [0.25, 0.3) is 0 Å². The van der Waals surface area contributed by atoms with Crippen molar-refractivity contribution in [2.45, 2.75) is 0 Å². The van der Waals surface area contributed by atoms with Gasteiger partial charge in [-0.2, -0.15) is 0 Å². The zero-order chi connectivity index (χ0) is 17.8. The summed E-state index contributed by atoms with van der Waals surface area (Å²) in [5, 5.41) is 3.93. The lowest BCUT2D eigenvalue weighted by atomic mass is 10.0. The number of carbonyl (C=O) groups excluding carboxylic acids is 1. The highest BCUT2D eigenvalue weighted by Gasteiger charge is 2.13. The number of aromatic nitrogens is 1. The molecule has 1 aromatic heterocycles. The molecule has 4 rings (SSSR count). The van der Waals surface area contributed by atoms with E-state index < -0.39 is 0 Å².